The number of nitrogens with two attached hydrogens (primary N) is 1. The minimum atomic E-state index is -0.798. The van der Waals surface area contributed by atoms with Crippen molar-refractivity contribution in [1.82, 2.24) is 0 Å². The van der Waals surface area contributed by atoms with Crippen molar-refractivity contribution in [3.05, 3.63) is 28.5 Å². The number of carbonyl (C=O) groups is 1. The van der Waals surface area contributed by atoms with Gasteiger partial charge >= 0.3 is 0 Å². The molecule has 1 rings (SSSR count). The van der Waals surface area contributed by atoms with Crippen LogP contribution < -0.4 is 11.1 Å². The van der Waals surface area contributed by atoms with E-state index in [9.17, 15) is 9.18 Å². The molecular weight excluding hydrogens is 305 g/mol. The Kier molecular flexibility index (Phi) is 5.08. The number of carbonyl (C=O) groups excluding carboxylic acids is 1. The Labute approximate surface area is 112 Å². The summed E-state index contributed by atoms with van der Waals surface area (Å²) in [6.45, 7) is 1.71. The molecule has 1 aromatic carbocycles. The third-order valence-corrected chi connectivity index (χ3v) is 2.88. The maximum Gasteiger partial charge on any atom is 0.235 e. The number of halogens is 2. The smallest absolute Gasteiger partial charge is 0.235 e. The fourth-order valence-corrected chi connectivity index (χ4v) is 1.77. The van der Waals surface area contributed by atoms with E-state index >= 15 is 0 Å². The zero-order chi connectivity index (χ0) is 13.7. The second-order valence-corrected chi connectivity index (χ2v) is 4.51. The molecule has 4 N–H and O–H groups in total. The minimum Gasteiger partial charge on any atom is -0.409 e. The molecule has 0 aliphatic rings. The number of hydrogen-bond donors (Lipinski definition) is 3. The minimum absolute atomic E-state index is 0.0403. The van der Waals surface area contributed by atoms with E-state index in [2.05, 4.69) is 26.4 Å². The van der Waals surface area contributed by atoms with Gasteiger partial charge in [-0.05, 0) is 24.6 Å². The highest BCUT2D eigenvalue weighted by Crippen LogP contribution is 2.21. The van der Waals surface area contributed by atoms with Crippen LogP contribution in [0.2, 0.25) is 0 Å². The van der Waals surface area contributed by atoms with E-state index in [4.69, 9.17) is 10.9 Å². The van der Waals surface area contributed by atoms with Crippen molar-refractivity contribution in [2.75, 3.05) is 5.32 Å². The molecule has 0 aliphatic heterocycles. The van der Waals surface area contributed by atoms with Crippen LogP contribution in [-0.2, 0) is 4.79 Å². The Hall–Kier alpha value is -1.63. The van der Waals surface area contributed by atoms with Crippen molar-refractivity contribution in [3.8, 4) is 0 Å². The molecule has 98 valence electrons. The molecule has 0 spiro atoms. The van der Waals surface area contributed by atoms with Gasteiger partial charge in [0.05, 0.1) is 11.6 Å². The predicted octanol–water partition coefficient (Wildman–Crippen LogP) is 2.30. The van der Waals surface area contributed by atoms with Gasteiger partial charge in [0.15, 0.2) is 5.84 Å². The molecule has 0 heterocycles. The zero-order valence-electron chi connectivity index (χ0n) is 9.65. The molecule has 0 saturated carbocycles. The van der Waals surface area contributed by atoms with E-state index < -0.39 is 17.6 Å². The molecule has 0 fully saturated rings. The van der Waals surface area contributed by atoms with Crippen molar-refractivity contribution >= 4 is 33.4 Å². The molecule has 1 atom stereocenters. The van der Waals surface area contributed by atoms with Crippen LogP contribution in [0.1, 0.15) is 13.3 Å². The molecule has 1 unspecified atom stereocenters. The highest BCUT2D eigenvalue weighted by molar-refractivity contribution is 9.10. The maximum absolute atomic E-state index is 13.4. The molecule has 1 aromatic rings. The highest BCUT2D eigenvalue weighted by atomic mass is 79.9. The fourth-order valence-electron chi connectivity index (χ4n) is 1.41. The molecule has 1 amide bonds. The molecule has 7 heteroatoms. The topological polar surface area (TPSA) is 87.7 Å². The van der Waals surface area contributed by atoms with Crippen LogP contribution in [0.4, 0.5) is 10.1 Å². The van der Waals surface area contributed by atoms with Crippen LogP contribution in [0.25, 0.3) is 0 Å². The van der Waals surface area contributed by atoms with Crippen molar-refractivity contribution in [2.45, 2.75) is 13.3 Å². The first-order valence-electron chi connectivity index (χ1n) is 5.23. The lowest BCUT2D eigenvalue weighted by atomic mass is 10.0. The largest absolute Gasteiger partial charge is 0.409 e. The number of anilines is 1. The summed E-state index contributed by atoms with van der Waals surface area (Å²) in [5.41, 5.74) is 5.43. The van der Waals surface area contributed by atoms with E-state index in [0.29, 0.717) is 10.9 Å². The molecule has 0 aliphatic carbocycles. The molecule has 5 nitrogen and oxygen atoms in total. The maximum atomic E-state index is 13.4. The number of nitrogens with one attached hydrogen (secondary N) is 1. The van der Waals surface area contributed by atoms with Gasteiger partial charge < -0.3 is 16.3 Å². The summed E-state index contributed by atoms with van der Waals surface area (Å²) in [7, 11) is 0. The van der Waals surface area contributed by atoms with Crippen LogP contribution in [0.15, 0.2) is 27.8 Å². The third-order valence-electron chi connectivity index (χ3n) is 2.38. The lowest BCUT2D eigenvalue weighted by molar-refractivity contribution is -0.118. The number of oxime groups is 1. The predicted molar refractivity (Wildman–Crippen MR) is 69.9 cm³/mol. The second-order valence-electron chi connectivity index (χ2n) is 3.60. The normalized spacial score (nSPS) is 13.2. The Bertz CT molecular complexity index is 479. The second kappa shape index (κ2) is 6.34. The van der Waals surface area contributed by atoms with Crippen molar-refractivity contribution in [3.63, 3.8) is 0 Å². The molecule has 0 radical (unpaired) electrons. The average Bonchev–Trinajstić information content (AvgIpc) is 2.34. The monoisotopic (exact) mass is 317 g/mol. The number of amidine groups is 1. The van der Waals surface area contributed by atoms with Crippen LogP contribution in [0.3, 0.4) is 0 Å². The standard InChI is InChI=1S/C11H13BrFN3O2/c1-2-7(10(14)16-18)11(17)15-9-5-6(12)3-4-8(9)13/h3-5,7,18H,2H2,1H3,(H2,14,16)(H,15,17). The summed E-state index contributed by atoms with van der Waals surface area (Å²) in [5, 5.41) is 13.7. The Balaban J connectivity index is 2.89. The van der Waals surface area contributed by atoms with E-state index in [-0.39, 0.29) is 11.5 Å². The number of nitrogens with zero attached hydrogens (tertiary/aromatic N) is 1. The highest BCUT2D eigenvalue weighted by Gasteiger charge is 2.22. The average molecular weight is 318 g/mol. The van der Waals surface area contributed by atoms with Crippen LogP contribution in [-0.4, -0.2) is 17.0 Å². The van der Waals surface area contributed by atoms with Gasteiger partial charge in [-0.15, -0.1) is 0 Å². The van der Waals surface area contributed by atoms with Gasteiger partial charge in [0.2, 0.25) is 5.91 Å². The molecular formula is C11H13BrFN3O2. The van der Waals surface area contributed by atoms with Gasteiger partial charge in [-0.1, -0.05) is 28.0 Å². The van der Waals surface area contributed by atoms with Gasteiger partial charge in [-0.2, -0.15) is 0 Å². The summed E-state index contributed by atoms with van der Waals surface area (Å²) in [4.78, 5) is 11.8. The molecule has 18 heavy (non-hydrogen) atoms. The molecule has 0 aromatic heterocycles. The van der Waals surface area contributed by atoms with E-state index in [1.807, 2.05) is 0 Å². The van der Waals surface area contributed by atoms with Crippen LogP contribution >= 0.6 is 15.9 Å². The SMILES string of the molecule is CCC(C(=O)Nc1cc(Br)ccc1F)/C(N)=N/O. The molecule has 0 bridgehead atoms. The van der Waals surface area contributed by atoms with Gasteiger partial charge in [0.25, 0.3) is 0 Å². The van der Waals surface area contributed by atoms with Gasteiger partial charge in [0, 0.05) is 4.47 Å². The lowest BCUT2D eigenvalue weighted by Gasteiger charge is -2.14. The first kappa shape index (κ1) is 14.4. The number of benzene rings is 1. The number of amides is 1. The summed E-state index contributed by atoms with van der Waals surface area (Å²) >= 11 is 3.18. The first-order valence-corrected chi connectivity index (χ1v) is 6.02. The van der Waals surface area contributed by atoms with Gasteiger partial charge in [0.1, 0.15) is 5.82 Å². The number of rotatable bonds is 4. The third kappa shape index (κ3) is 3.43. The Morgan fingerprint density at radius 1 is 1.67 bits per heavy atom. The fraction of sp³-hybridized carbons (Fsp3) is 0.273. The number of hydrogen-bond acceptors (Lipinski definition) is 3. The first-order chi connectivity index (χ1) is 8.49. The van der Waals surface area contributed by atoms with E-state index in [1.165, 1.54) is 18.2 Å². The zero-order valence-corrected chi connectivity index (χ0v) is 11.2. The Morgan fingerprint density at radius 3 is 2.89 bits per heavy atom. The van der Waals surface area contributed by atoms with E-state index in [1.54, 1.807) is 6.92 Å². The van der Waals surface area contributed by atoms with E-state index in [0.717, 1.165) is 0 Å². The summed E-state index contributed by atoms with van der Waals surface area (Å²) in [6, 6.07) is 4.18. The summed E-state index contributed by atoms with van der Waals surface area (Å²) in [5.74, 6) is -2.08. The van der Waals surface area contributed by atoms with Gasteiger partial charge in [-0.3, -0.25) is 4.79 Å². The van der Waals surface area contributed by atoms with Crippen LogP contribution in [0.5, 0.6) is 0 Å². The van der Waals surface area contributed by atoms with Crippen molar-refractivity contribution < 1.29 is 14.4 Å². The summed E-state index contributed by atoms with van der Waals surface area (Å²) in [6.07, 6.45) is 0.345. The Morgan fingerprint density at radius 2 is 2.33 bits per heavy atom. The lowest BCUT2D eigenvalue weighted by Crippen LogP contribution is -2.34. The van der Waals surface area contributed by atoms with Gasteiger partial charge in [-0.25, -0.2) is 4.39 Å². The summed E-state index contributed by atoms with van der Waals surface area (Å²) < 4.78 is 14.1. The van der Waals surface area contributed by atoms with Crippen molar-refractivity contribution in [2.24, 2.45) is 16.8 Å². The van der Waals surface area contributed by atoms with Crippen molar-refractivity contribution in [1.29, 1.82) is 0 Å². The quantitative estimate of drug-likeness (QED) is 0.344. The molecule has 0 saturated heterocycles. The van der Waals surface area contributed by atoms with Crippen LogP contribution in [0, 0.1) is 11.7 Å².